The molecule has 1 amide bonds. The van der Waals surface area contributed by atoms with Crippen LogP contribution in [0.4, 0.5) is 0 Å². The minimum Gasteiger partial charge on any atom is -0.486 e. The third kappa shape index (κ3) is 5.08. The van der Waals surface area contributed by atoms with Crippen LogP contribution in [0.3, 0.4) is 0 Å². The second-order valence-electron chi connectivity index (χ2n) is 11.1. The van der Waals surface area contributed by atoms with E-state index in [9.17, 15) is 13.2 Å². The number of sulfonamides is 1. The molecule has 1 unspecified atom stereocenters. The summed E-state index contributed by atoms with van der Waals surface area (Å²) in [6, 6.07) is 4.93. The number of fused-ring (bicyclic) bond motifs is 1. The van der Waals surface area contributed by atoms with Crippen molar-refractivity contribution in [1.82, 2.24) is 10.0 Å². The van der Waals surface area contributed by atoms with Crippen LogP contribution in [-0.2, 0) is 14.8 Å². The lowest BCUT2D eigenvalue weighted by atomic mass is 9.48. The molecule has 7 nitrogen and oxygen atoms in total. The molecule has 4 saturated carbocycles. The molecule has 2 N–H and O–H groups in total. The predicted molar refractivity (Wildman–Crippen MR) is 129 cm³/mol. The van der Waals surface area contributed by atoms with Gasteiger partial charge in [-0.25, -0.2) is 13.1 Å². The highest BCUT2D eigenvalue weighted by atomic mass is 32.2. The maximum absolute atomic E-state index is 12.6. The maximum Gasteiger partial charge on any atom is 0.240 e. The molecule has 1 atom stereocenters. The van der Waals surface area contributed by atoms with Crippen molar-refractivity contribution in [2.45, 2.75) is 82.1 Å². The second-order valence-corrected chi connectivity index (χ2v) is 12.8. The van der Waals surface area contributed by atoms with Crippen molar-refractivity contribution in [1.29, 1.82) is 0 Å². The topological polar surface area (TPSA) is 93.7 Å². The van der Waals surface area contributed by atoms with Gasteiger partial charge in [0.15, 0.2) is 11.5 Å². The first-order valence-corrected chi connectivity index (χ1v) is 14.5. The van der Waals surface area contributed by atoms with Gasteiger partial charge in [-0.15, -0.1) is 0 Å². The molecular weight excluding hydrogens is 452 g/mol. The minimum absolute atomic E-state index is 0.139. The van der Waals surface area contributed by atoms with Crippen LogP contribution in [0.25, 0.3) is 0 Å². The van der Waals surface area contributed by atoms with Gasteiger partial charge in [-0.05, 0) is 93.6 Å². The van der Waals surface area contributed by atoms with E-state index >= 15 is 0 Å². The largest absolute Gasteiger partial charge is 0.486 e. The molecule has 0 saturated heterocycles. The van der Waals surface area contributed by atoms with E-state index < -0.39 is 10.0 Å². The lowest BCUT2D eigenvalue weighted by molar-refractivity contribution is -0.126. The summed E-state index contributed by atoms with van der Waals surface area (Å²) in [4.78, 5) is 12.8. The van der Waals surface area contributed by atoms with Crippen molar-refractivity contribution in [3.63, 3.8) is 0 Å². The number of amides is 1. The van der Waals surface area contributed by atoms with Crippen LogP contribution in [0.5, 0.6) is 11.5 Å². The van der Waals surface area contributed by atoms with E-state index in [2.05, 4.69) is 17.0 Å². The molecule has 1 aliphatic heterocycles. The summed E-state index contributed by atoms with van der Waals surface area (Å²) in [5.41, 5.74) is 0.330. The van der Waals surface area contributed by atoms with Gasteiger partial charge < -0.3 is 14.8 Å². The number of unbranched alkanes of at least 4 members (excludes halogenated alkanes) is 2. The number of carbonyl (C=O) groups is 1. The molecule has 0 spiro atoms. The third-order valence-corrected chi connectivity index (χ3v) is 10.0. The first-order valence-electron chi connectivity index (χ1n) is 13.0. The number of hydrogen-bond donors (Lipinski definition) is 2. The number of carbonyl (C=O) groups excluding carboxylic acids is 1. The van der Waals surface area contributed by atoms with Gasteiger partial charge in [0.1, 0.15) is 13.2 Å². The fourth-order valence-corrected chi connectivity index (χ4v) is 8.33. The Hall–Kier alpha value is -1.80. The van der Waals surface area contributed by atoms with Gasteiger partial charge in [-0.3, -0.25) is 4.79 Å². The highest BCUT2D eigenvalue weighted by molar-refractivity contribution is 7.89. The summed E-state index contributed by atoms with van der Waals surface area (Å²) in [7, 11) is -3.60. The second kappa shape index (κ2) is 9.69. The van der Waals surface area contributed by atoms with Gasteiger partial charge in [0.25, 0.3) is 0 Å². The summed E-state index contributed by atoms with van der Waals surface area (Å²) in [5, 5.41) is 3.33. The Kier molecular flexibility index (Phi) is 6.81. The van der Waals surface area contributed by atoms with Crippen molar-refractivity contribution >= 4 is 15.9 Å². The van der Waals surface area contributed by atoms with Crippen molar-refractivity contribution in [3.05, 3.63) is 18.2 Å². The first-order chi connectivity index (χ1) is 16.3. The molecule has 1 aromatic rings. The normalized spacial score (nSPS) is 30.2. The van der Waals surface area contributed by atoms with E-state index in [4.69, 9.17) is 9.47 Å². The Morgan fingerprint density at radius 3 is 2.32 bits per heavy atom. The van der Waals surface area contributed by atoms with Crippen LogP contribution in [0.1, 0.15) is 71.1 Å². The number of nitrogens with one attached hydrogen (secondary N) is 2. The van der Waals surface area contributed by atoms with Gasteiger partial charge in [-0.1, -0.05) is 6.42 Å². The summed E-state index contributed by atoms with van der Waals surface area (Å²) < 4.78 is 38.7. The van der Waals surface area contributed by atoms with Crippen LogP contribution < -0.4 is 19.5 Å². The Morgan fingerprint density at radius 2 is 1.65 bits per heavy atom. The van der Waals surface area contributed by atoms with E-state index in [0.717, 1.165) is 30.6 Å². The molecular formula is C26H38N2O5S. The van der Waals surface area contributed by atoms with Crippen molar-refractivity contribution in [2.75, 3.05) is 19.8 Å². The van der Waals surface area contributed by atoms with Crippen molar-refractivity contribution in [2.24, 2.45) is 23.2 Å². The predicted octanol–water partition coefficient (Wildman–Crippen LogP) is 4.02. The number of benzene rings is 1. The first kappa shape index (κ1) is 23.9. The maximum atomic E-state index is 12.6. The molecule has 8 heteroatoms. The lowest BCUT2D eigenvalue weighted by Gasteiger charge is -2.59. The molecule has 4 fully saturated rings. The molecule has 0 radical (unpaired) electrons. The van der Waals surface area contributed by atoms with Gasteiger partial charge in [-0.2, -0.15) is 0 Å². The fourth-order valence-electron chi connectivity index (χ4n) is 7.24. The Balaban J connectivity index is 1.01. The van der Waals surface area contributed by atoms with E-state index in [1.807, 2.05) is 0 Å². The molecule has 5 aliphatic rings. The smallest absolute Gasteiger partial charge is 0.240 e. The molecule has 1 heterocycles. The average molecular weight is 491 g/mol. The summed E-state index contributed by atoms with van der Waals surface area (Å²) in [6.45, 7) is 3.45. The van der Waals surface area contributed by atoms with Gasteiger partial charge in [0, 0.05) is 25.1 Å². The third-order valence-electron chi connectivity index (χ3n) is 8.58. The Labute approximate surface area is 203 Å². The zero-order valence-corrected chi connectivity index (χ0v) is 21.0. The molecule has 0 aromatic heterocycles. The summed E-state index contributed by atoms with van der Waals surface area (Å²) in [6.07, 6.45) is 10.9. The molecule has 4 aliphatic carbocycles. The van der Waals surface area contributed by atoms with Gasteiger partial charge in [0.2, 0.25) is 15.9 Å². The number of ether oxygens (including phenoxy) is 2. The van der Waals surface area contributed by atoms with Gasteiger partial charge in [0.05, 0.1) is 4.90 Å². The molecule has 4 bridgehead atoms. The summed E-state index contributed by atoms with van der Waals surface area (Å²) >= 11 is 0. The average Bonchev–Trinajstić information content (AvgIpc) is 2.80. The Bertz CT molecular complexity index is 973. The lowest BCUT2D eigenvalue weighted by Crippen LogP contribution is -2.55. The van der Waals surface area contributed by atoms with E-state index in [0.29, 0.717) is 49.5 Å². The number of hydrogen-bond acceptors (Lipinski definition) is 5. The molecule has 34 heavy (non-hydrogen) atoms. The minimum atomic E-state index is -3.60. The van der Waals surface area contributed by atoms with Gasteiger partial charge >= 0.3 is 0 Å². The highest BCUT2D eigenvalue weighted by Crippen LogP contribution is 2.61. The van der Waals surface area contributed by atoms with E-state index in [-0.39, 0.29) is 16.8 Å². The monoisotopic (exact) mass is 490 g/mol. The Morgan fingerprint density at radius 1 is 1.00 bits per heavy atom. The van der Waals surface area contributed by atoms with Crippen molar-refractivity contribution in [3.8, 4) is 11.5 Å². The molecule has 1 aromatic carbocycles. The molecule has 188 valence electrons. The van der Waals surface area contributed by atoms with Crippen LogP contribution >= 0.6 is 0 Å². The van der Waals surface area contributed by atoms with Crippen LogP contribution in [0.2, 0.25) is 0 Å². The fraction of sp³-hybridized carbons (Fsp3) is 0.731. The zero-order valence-electron chi connectivity index (χ0n) is 20.2. The van der Waals surface area contributed by atoms with E-state index in [1.54, 1.807) is 6.07 Å². The SMILES string of the molecule is CC(NC(=O)CCCCCNS(=O)(=O)c1ccc2c(c1)OCCO2)C12CC3CC(CC(C3)C1)C2. The van der Waals surface area contributed by atoms with Crippen LogP contribution in [0, 0.1) is 23.2 Å². The zero-order chi connectivity index (χ0) is 23.8. The quantitative estimate of drug-likeness (QED) is 0.483. The number of rotatable bonds is 10. The summed E-state index contributed by atoms with van der Waals surface area (Å²) in [5.74, 6) is 3.83. The molecule has 6 rings (SSSR count). The standard InChI is InChI=1S/C26H38N2O5S/c1-18(26-15-19-11-20(16-26)13-21(12-19)17-26)28-25(29)5-3-2-4-8-27-34(30,31)22-6-7-23-24(14-22)33-10-9-32-23/h6-7,14,18-21,27H,2-5,8-13,15-17H2,1H3,(H,28,29). The highest BCUT2D eigenvalue weighted by Gasteiger charge is 2.53. The van der Waals surface area contributed by atoms with Crippen LogP contribution in [-0.4, -0.2) is 40.1 Å². The van der Waals surface area contributed by atoms with Crippen LogP contribution in [0.15, 0.2) is 23.1 Å². The van der Waals surface area contributed by atoms with E-state index in [1.165, 1.54) is 50.7 Å². The van der Waals surface area contributed by atoms with Crippen molar-refractivity contribution < 1.29 is 22.7 Å².